The van der Waals surface area contributed by atoms with Crippen LogP contribution in [0.1, 0.15) is 37.9 Å². The SMILES string of the molecule is Fc1ccc(-c2ccc3nc(CCl)nc(N4CCN(C(=S)NC5CCCCC5)CC4)c3n2)cc1. The van der Waals surface area contributed by atoms with Gasteiger partial charge in [-0.05, 0) is 61.5 Å². The highest BCUT2D eigenvalue weighted by atomic mass is 35.5. The number of nitrogens with zero attached hydrogens (tertiary/aromatic N) is 5. The van der Waals surface area contributed by atoms with E-state index in [1.54, 1.807) is 12.1 Å². The molecule has 1 saturated carbocycles. The summed E-state index contributed by atoms with van der Waals surface area (Å²) in [5.74, 6) is 1.33. The highest BCUT2D eigenvalue weighted by molar-refractivity contribution is 7.80. The minimum atomic E-state index is -0.269. The van der Waals surface area contributed by atoms with Crippen LogP contribution >= 0.6 is 23.8 Å². The molecule has 5 rings (SSSR count). The molecule has 0 unspecified atom stereocenters. The Morgan fingerprint density at radius 1 is 0.971 bits per heavy atom. The van der Waals surface area contributed by atoms with E-state index in [0.29, 0.717) is 11.9 Å². The molecule has 1 aromatic carbocycles. The van der Waals surface area contributed by atoms with Crippen LogP contribution < -0.4 is 10.2 Å². The maximum atomic E-state index is 13.4. The van der Waals surface area contributed by atoms with E-state index in [1.807, 2.05) is 12.1 Å². The number of hydrogen-bond donors (Lipinski definition) is 1. The number of piperazine rings is 1. The van der Waals surface area contributed by atoms with E-state index >= 15 is 0 Å². The van der Waals surface area contributed by atoms with Crippen molar-refractivity contribution in [1.29, 1.82) is 0 Å². The molecule has 0 amide bonds. The Balaban J connectivity index is 1.36. The van der Waals surface area contributed by atoms with Gasteiger partial charge in [0, 0.05) is 37.8 Å². The molecule has 1 aliphatic heterocycles. The van der Waals surface area contributed by atoms with Gasteiger partial charge in [-0.3, -0.25) is 0 Å². The number of anilines is 1. The summed E-state index contributed by atoms with van der Waals surface area (Å²) in [4.78, 5) is 18.7. The quantitative estimate of drug-likeness (QED) is 0.405. The van der Waals surface area contributed by atoms with E-state index in [-0.39, 0.29) is 11.7 Å². The molecule has 0 radical (unpaired) electrons. The van der Waals surface area contributed by atoms with E-state index < -0.39 is 0 Å². The summed E-state index contributed by atoms with van der Waals surface area (Å²) in [6.45, 7) is 3.20. The predicted octanol–water partition coefficient (Wildman–Crippen LogP) is 4.90. The Morgan fingerprint density at radius 2 is 1.71 bits per heavy atom. The van der Waals surface area contributed by atoms with Gasteiger partial charge in [0.15, 0.2) is 10.9 Å². The number of halogens is 2. The molecular formula is C25H28ClFN6S. The minimum Gasteiger partial charge on any atom is -0.360 e. The summed E-state index contributed by atoms with van der Waals surface area (Å²) >= 11 is 11.8. The lowest BCUT2D eigenvalue weighted by Crippen LogP contribution is -2.53. The van der Waals surface area contributed by atoms with Gasteiger partial charge in [-0.1, -0.05) is 19.3 Å². The first kappa shape index (κ1) is 23.2. The molecular weight excluding hydrogens is 471 g/mol. The molecule has 6 nitrogen and oxygen atoms in total. The van der Waals surface area contributed by atoms with Crippen LogP contribution in [0.25, 0.3) is 22.3 Å². The lowest BCUT2D eigenvalue weighted by Gasteiger charge is -2.38. The molecule has 0 spiro atoms. The molecule has 2 aliphatic rings. The van der Waals surface area contributed by atoms with Crippen molar-refractivity contribution in [3.63, 3.8) is 0 Å². The number of aromatic nitrogens is 3. The number of rotatable bonds is 4. The first-order chi connectivity index (χ1) is 16.6. The monoisotopic (exact) mass is 498 g/mol. The zero-order chi connectivity index (χ0) is 23.5. The summed E-state index contributed by atoms with van der Waals surface area (Å²) < 4.78 is 13.4. The van der Waals surface area contributed by atoms with Crippen molar-refractivity contribution in [2.45, 2.75) is 44.0 Å². The number of thiocarbonyl (C=S) groups is 1. The van der Waals surface area contributed by atoms with E-state index in [2.05, 4.69) is 20.1 Å². The third-order valence-electron chi connectivity index (χ3n) is 6.63. The standard InChI is InChI=1S/C25H28ClFN6S/c26-16-22-29-21-11-10-20(17-6-8-18(27)9-7-17)30-23(21)24(31-22)32-12-14-33(15-13-32)25(34)28-19-4-2-1-3-5-19/h6-11,19H,1-5,12-16H2,(H,28,34). The number of pyridine rings is 1. The van der Waals surface area contributed by atoms with E-state index in [4.69, 9.17) is 33.8 Å². The Morgan fingerprint density at radius 3 is 2.41 bits per heavy atom. The van der Waals surface area contributed by atoms with Crippen LogP contribution in [0, 0.1) is 5.82 Å². The van der Waals surface area contributed by atoms with Gasteiger partial charge in [-0.2, -0.15) is 0 Å². The second kappa shape index (κ2) is 10.4. The molecule has 2 aromatic heterocycles. The van der Waals surface area contributed by atoms with Crippen LogP contribution in [0.2, 0.25) is 0 Å². The molecule has 9 heteroatoms. The fourth-order valence-electron chi connectivity index (χ4n) is 4.74. The van der Waals surface area contributed by atoms with Gasteiger partial charge in [0.1, 0.15) is 17.2 Å². The lowest BCUT2D eigenvalue weighted by atomic mass is 9.96. The lowest BCUT2D eigenvalue weighted by molar-refractivity contribution is 0.354. The summed E-state index contributed by atoms with van der Waals surface area (Å²) in [6.07, 6.45) is 6.31. The Labute approximate surface area is 209 Å². The zero-order valence-electron chi connectivity index (χ0n) is 19.0. The Hall–Kier alpha value is -2.58. The summed E-state index contributed by atoms with van der Waals surface area (Å²) in [7, 11) is 0. The van der Waals surface area contributed by atoms with Crippen LogP contribution in [0.15, 0.2) is 36.4 Å². The number of alkyl halides is 1. The fraction of sp³-hybridized carbons (Fsp3) is 0.440. The molecule has 1 saturated heterocycles. The molecule has 34 heavy (non-hydrogen) atoms. The molecule has 2 fully saturated rings. The maximum absolute atomic E-state index is 13.4. The number of fused-ring (bicyclic) bond motifs is 1. The molecule has 3 aromatic rings. The summed E-state index contributed by atoms with van der Waals surface area (Å²) in [5.41, 5.74) is 3.09. The largest absolute Gasteiger partial charge is 0.360 e. The van der Waals surface area contributed by atoms with Crippen LogP contribution in [-0.4, -0.2) is 57.2 Å². The van der Waals surface area contributed by atoms with Gasteiger partial charge in [-0.15, -0.1) is 11.6 Å². The van der Waals surface area contributed by atoms with Crippen LogP contribution in [0.5, 0.6) is 0 Å². The van der Waals surface area contributed by atoms with Gasteiger partial charge < -0.3 is 15.1 Å². The smallest absolute Gasteiger partial charge is 0.169 e. The topological polar surface area (TPSA) is 57.2 Å². The van der Waals surface area contributed by atoms with Crippen molar-refractivity contribution in [3.8, 4) is 11.3 Å². The third kappa shape index (κ3) is 5.08. The first-order valence-corrected chi connectivity index (χ1v) is 12.8. The van der Waals surface area contributed by atoms with Gasteiger partial charge >= 0.3 is 0 Å². The number of benzene rings is 1. The molecule has 1 aliphatic carbocycles. The molecule has 178 valence electrons. The van der Waals surface area contributed by atoms with Crippen LogP contribution in [0.4, 0.5) is 10.2 Å². The van der Waals surface area contributed by atoms with Gasteiger partial charge in [0.05, 0.1) is 17.1 Å². The Bertz CT molecular complexity index is 1160. The molecule has 0 atom stereocenters. The Kier molecular flexibility index (Phi) is 7.06. The van der Waals surface area contributed by atoms with Crippen molar-refractivity contribution >= 4 is 45.8 Å². The van der Waals surface area contributed by atoms with E-state index in [9.17, 15) is 4.39 Å². The van der Waals surface area contributed by atoms with Crippen molar-refractivity contribution in [1.82, 2.24) is 25.2 Å². The van der Waals surface area contributed by atoms with Crippen molar-refractivity contribution in [3.05, 3.63) is 48.0 Å². The first-order valence-electron chi connectivity index (χ1n) is 11.9. The van der Waals surface area contributed by atoms with E-state index in [0.717, 1.165) is 59.4 Å². The second-order valence-corrected chi connectivity index (χ2v) is 9.58. The molecule has 3 heterocycles. The zero-order valence-corrected chi connectivity index (χ0v) is 20.6. The molecule has 1 N–H and O–H groups in total. The third-order valence-corrected chi connectivity index (χ3v) is 7.24. The normalized spacial score (nSPS) is 17.2. The average molecular weight is 499 g/mol. The predicted molar refractivity (Wildman–Crippen MR) is 139 cm³/mol. The van der Waals surface area contributed by atoms with Gasteiger partial charge in [0.25, 0.3) is 0 Å². The molecule has 0 bridgehead atoms. The number of hydrogen-bond acceptors (Lipinski definition) is 5. The van der Waals surface area contributed by atoms with Crippen molar-refractivity contribution < 1.29 is 4.39 Å². The van der Waals surface area contributed by atoms with Crippen LogP contribution in [-0.2, 0) is 5.88 Å². The maximum Gasteiger partial charge on any atom is 0.169 e. The fourth-order valence-corrected chi connectivity index (χ4v) is 5.21. The highest BCUT2D eigenvalue weighted by Crippen LogP contribution is 2.28. The highest BCUT2D eigenvalue weighted by Gasteiger charge is 2.24. The average Bonchev–Trinajstić information content (AvgIpc) is 2.89. The van der Waals surface area contributed by atoms with Gasteiger partial charge in [-0.25, -0.2) is 19.3 Å². The number of nitrogens with one attached hydrogen (secondary N) is 1. The second-order valence-electron chi connectivity index (χ2n) is 8.93. The van der Waals surface area contributed by atoms with Crippen LogP contribution in [0.3, 0.4) is 0 Å². The minimum absolute atomic E-state index is 0.234. The van der Waals surface area contributed by atoms with Gasteiger partial charge in [0.2, 0.25) is 0 Å². The summed E-state index contributed by atoms with van der Waals surface area (Å²) in [6, 6.07) is 10.7. The van der Waals surface area contributed by atoms with Crippen molar-refractivity contribution in [2.75, 3.05) is 31.1 Å². The summed E-state index contributed by atoms with van der Waals surface area (Å²) in [5, 5.41) is 4.44. The van der Waals surface area contributed by atoms with E-state index in [1.165, 1.54) is 44.2 Å². The van der Waals surface area contributed by atoms with Crippen molar-refractivity contribution in [2.24, 2.45) is 0 Å².